The number of hydrogen-bond acceptors (Lipinski definition) is 6. The van der Waals surface area contributed by atoms with Gasteiger partial charge in [0, 0.05) is 25.3 Å². The molecule has 2 aromatic heterocycles. The quantitative estimate of drug-likeness (QED) is 0.210. The van der Waals surface area contributed by atoms with Crippen molar-refractivity contribution >= 4 is 35.2 Å². The van der Waals surface area contributed by atoms with Gasteiger partial charge in [-0.3, -0.25) is 14.1 Å². The summed E-state index contributed by atoms with van der Waals surface area (Å²) < 4.78 is 33.6. The molecule has 0 aliphatic carbocycles. The summed E-state index contributed by atoms with van der Waals surface area (Å²) in [7, 11) is 2.09. The molecule has 0 unspecified atom stereocenters. The number of fused-ring (bicyclic) bond motifs is 1. The fourth-order valence-electron chi connectivity index (χ4n) is 4.17. The summed E-state index contributed by atoms with van der Waals surface area (Å²) in [5.74, 6) is -0.0830. The van der Waals surface area contributed by atoms with Crippen LogP contribution in [0.2, 0.25) is 0 Å². The molecule has 0 saturated carbocycles. The van der Waals surface area contributed by atoms with Crippen molar-refractivity contribution in [3.8, 4) is 0 Å². The Kier molecular flexibility index (Phi) is 9.50. The first-order valence-corrected chi connectivity index (χ1v) is 11.9. The van der Waals surface area contributed by atoms with Crippen LogP contribution in [0.4, 0.5) is 8.78 Å². The van der Waals surface area contributed by atoms with Crippen LogP contribution in [0.25, 0.3) is 11.0 Å². The largest absolute Gasteiger partial charge is 0.470 e. The number of piperidine rings is 1. The van der Waals surface area contributed by atoms with Gasteiger partial charge in [0.1, 0.15) is 0 Å². The predicted octanol–water partition coefficient (Wildman–Crippen LogP) is 4.01. The number of aromatic nitrogens is 3. The molecule has 4 rings (SSSR count). The van der Waals surface area contributed by atoms with Crippen molar-refractivity contribution in [1.82, 2.24) is 19.0 Å². The van der Waals surface area contributed by atoms with E-state index in [0.29, 0.717) is 11.3 Å². The van der Waals surface area contributed by atoms with Gasteiger partial charge in [-0.25, -0.2) is 13.6 Å². The second-order valence-electron chi connectivity index (χ2n) is 8.05. The van der Waals surface area contributed by atoms with Gasteiger partial charge in [0.15, 0.2) is 6.61 Å². The Morgan fingerprint density at radius 2 is 1.89 bits per heavy atom. The monoisotopic (exact) mass is 506 g/mol. The van der Waals surface area contributed by atoms with Gasteiger partial charge in [-0.1, -0.05) is 12.1 Å². The molecule has 0 N–H and O–H groups in total. The van der Waals surface area contributed by atoms with Gasteiger partial charge in [-0.2, -0.15) is 5.10 Å². The molecular formula is C24H29ClF2N6O2. The molecule has 1 saturated heterocycles. The van der Waals surface area contributed by atoms with Crippen LogP contribution < -0.4 is 5.69 Å². The predicted molar refractivity (Wildman–Crippen MR) is 135 cm³/mol. The summed E-state index contributed by atoms with van der Waals surface area (Å²) >= 11 is 4.64. The molecule has 1 aliphatic heterocycles. The van der Waals surface area contributed by atoms with E-state index in [1.807, 2.05) is 28.8 Å². The van der Waals surface area contributed by atoms with Crippen molar-refractivity contribution < 1.29 is 13.5 Å². The number of nitrogens with zero attached hydrogens (tertiary/aromatic N) is 6. The SMILES string of the molecule is C=N/N=C(\OCC(F)F)c1ccc(Cn2c(=O)n(C3CCN(C)CC3)c3ccccc32)nc1.CCl. The Morgan fingerprint density at radius 3 is 2.49 bits per heavy atom. The maximum absolute atomic E-state index is 13.4. The van der Waals surface area contributed by atoms with E-state index in [-0.39, 0.29) is 24.2 Å². The zero-order valence-corrected chi connectivity index (χ0v) is 20.5. The molecule has 188 valence electrons. The summed E-state index contributed by atoms with van der Waals surface area (Å²) in [6, 6.07) is 11.3. The summed E-state index contributed by atoms with van der Waals surface area (Å²) in [5.41, 5.74) is 2.75. The number of ether oxygens (including phenoxy) is 1. The molecule has 1 aliphatic rings. The number of imidazole rings is 1. The zero-order chi connectivity index (χ0) is 25.4. The lowest BCUT2D eigenvalue weighted by Crippen LogP contribution is -2.36. The molecule has 35 heavy (non-hydrogen) atoms. The Labute approximate surface area is 207 Å². The second-order valence-corrected chi connectivity index (χ2v) is 8.05. The third kappa shape index (κ3) is 6.32. The molecular weight excluding hydrogens is 478 g/mol. The van der Waals surface area contributed by atoms with Crippen LogP contribution in [-0.4, -0.2) is 71.2 Å². The average Bonchev–Trinajstić information content (AvgIpc) is 3.15. The van der Waals surface area contributed by atoms with E-state index >= 15 is 0 Å². The Balaban J connectivity index is 0.00000167. The Bertz CT molecular complexity index is 1200. The second kappa shape index (κ2) is 12.6. The molecule has 1 fully saturated rings. The third-order valence-electron chi connectivity index (χ3n) is 5.82. The molecule has 0 spiro atoms. The van der Waals surface area contributed by atoms with Gasteiger partial charge >= 0.3 is 5.69 Å². The normalized spacial score (nSPS) is 15.2. The minimum atomic E-state index is -2.64. The average molecular weight is 507 g/mol. The van der Waals surface area contributed by atoms with Crippen LogP contribution in [0.5, 0.6) is 0 Å². The number of pyridine rings is 1. The zero-order valence-electron chi connectivity index (χ0n) is 19.8. The van der Waals surface area contributed by atoms with Crippen molar-refractivity contribution in [2.45, 2.75) is 31.9 Å². The van der Waals surface area contributed by atoms with Gasteiger partial charge in [-0.15, -0.1) is 16.7 Å². The number of benzene rings is 1. The Morgan fingerprint density at radius 1 is 1.20 bits per heavy atom. The van der Waals surface area contributed by atoms with Crippen molar-refractivity contribution in [3.05, 3.63) is 64.3 Å². The van der Waals surface area contributed by atoms with E-state index in [2.05, 4.69) is 45.5 Å². The van der Waals surface area contributed by atoms with Gasteiger partial charge < -0.3 is 9.64 Å². The number of halogens is 3. The Hall–Kier alpha value is -3.11. The highest BCUT2D eigenvalue weighted by Gasteiger charge is 2.24. The van der Waals surface area contributed by atoms with E-state index in [1.165, 1.54) is 12.6 Å². The minimum absolute atomic E-state index is 0.0602. The number of hydrogen-bond donors (Lipinski definition) is 0. The highest BCUT2D eigenvalue weighted by Crippen LogP contribution is 2.25. The smallest absolute Gasteiger partial charge is 0.329 e. The molecule has 8 nitrogen and oxygen atoms in total. The minimum Gasteiger partial charge on any atom is -0.470 e. The fraction of sp³-hybridized carbons (Fsp3) is 0.417. The lowest BCUT2D eigenvalue weighted by molar-refractivity contribution is 0.0765. The fourth-order valence-corrected chi connectivity index (χ4v) is 4.17. The summed E-state index contributed by atoms with van der Waals surface area (Å²) in [6.45, 7) is 4.63. The molecule has 3 aromatic rings. The van der Waals surface area contributed by atoms with Gasteiger partial charge in [0.2, 0.25) is 5.90 Å². The number of likely N-dealkylation sites (tertiary alicyclic amines) is 1. The topological polar surface area (TPSA) is 77.0 Å². The van der Waals surface area contributed by atoms with Crippen LogP contribution in [0, 0.1) is 0 Å². The maximum atomic E-state index is 13.4. The van der Waals surface area contributed by atoms with Crippen LogP contribution in [0.15, 0.2) is 57.6 Å². The first kappa shape index (κ1) is 26.5. The molecule has 0 radical (unpaired) electrons. The van der Waals surface area contributed by atoms with Crippen molar-refractivity contribution in [3.63, 3.8) is 0 Å². The lowest BCUT2D eigenvalue weighted by atomic mass is 10.1. The number of para-hydroxylation sites is 2. The molecule has 0 bridgehead atoms. The van der Waals surface area contributed by atoms with Gasteiger partial charge in [-0.05, 0) is 57.2 Å². The van der Waals surface area contributed by atoms with Crippen molar-refractivity contribution in [2.75, 3.05) is 33.1 Å². The summed E-state index contributed by atoms with van der Waals surface area (Å²) in [4.78, 5) is 20.1. The molecule has 0 atom stereocenters. The highest BCUT2D eigenvalue weighted by molar-refractivity contribution is 6.15. The van der Waals surface area contributed by atoms with Crippen LogP contribution in [0.3, 0.4) is 0 Å². The van der Waals surface area contributed by atoms with Crippen LogP contribution in [-0.2, 0) is 11.3 Å². The van der Waals surface area contributed by atoms with Crippen LogP contribution >= 0.6 is 11.6 Å². The summed E-state index contributed by atoms with van der Waals surface area (Å²) in [5, 5.41) is 7.04. The maximum Gasteiger partial charge on any atom is 0.329 e. The van der Waals surface area contributed by atoms with E-state index in [4.69, 9.17) is 4.74 Å². The molecule has 11 heteroatoms. The van der Waals surface area contributed by atoms with E-state index in [0.717, 1.165) is 37.0 Å². The van der Waals surface area contributed by atoms with Crippen LogP contribution in [0.1, 0.15) is 30.1 Å². The van der Waals surface area contributed by atoms with Crippen molar-refractivity contribution in [2.24, 2.45) is 10.2 Å². The molecule has 1 aromatic carbocycles. The van der Waals surface area contributed by atoms with Gasteiger partial charge in [0.25, 0.3) is 6.43 Å². The van der Waals surface area contributed by atoms with E-state index in [9.17, 15) is 13.6 Å². The summed E-state index contributed by atoms with van der Waals surface area (Å²) in [6.07, 6.45) is 2.15. The molecule has 0 amide bonds. The third-order valence-corrected chi connectivity index (χ3v) is 5.82. The van der Waals surface area contributed by atoms with E-state index in [1.54, 1.807) is 16.7 Å². The number of alkyl halides is 3. The van der Waals surface area contributed by atoms with Gasteiger partial charge in [0.05, 0.1) is 28.8 Å². The first-order chi connectivity index (χ1) is 17.0. The highest BCUT2D eigenvalue weighted by atomic mass is 35.5. The van der Waals surface area contributed by atoms with Crippen molar-refractivity contribution in [1.29, 1.82) is 0 Å². The number of rotatable bonds is 7. The van der Waals surface area contributed by atoms with E-state index < -0.39 is 13.0 Å². The lowest BCUT2D eigenvalue weighted by Gasteiger charge is -2.29. The molecule has 3 heterocycles. The standard InChI is InChI=1S/C23H26F2N6O2.CH3Cl/c1-26-28-22(33-15-21(24)25)16-7-8-17(27-13-16)14-30-19-5-3-4-6-20(19)31(23(30)32)18-9-11-29(2)12-10-18;1-2/h3-8,13,18,21H,1,9-12,14-15H2,2H3;1H3/b28-22-;. The first-order valence-electron chi connectivity index (χ1n) is 11.1.